The van der Waals surface area contributed by atoms with Crippen LogP contribution in [-0.4, -0.2) is 22.2 Å². The van der Waals surface area contributed by atoms with Gasteiger partial charge in [-0.25, -0.2) is 4.98 Å². The zero-order valence-electron chi connectivity index (χ0n) is 7.09. The molecule has 0 amide bonds. The van der Waals surface area contributed by atoms with E-state index in [2.05, 4.69) is 10.3 Å². The fourth-order valence-corrected chi connectivity index (χ4v) is 2.20. The van der Waals surface area contributed by atoms with Crippen LogP contribution in [-0.2, 0) is 0 Å². The summed E-state index contributed by atoms with van der Waals surface area (Å²) in [5.74, 6) is 0.781. The number of aliphatic hydroxyl groups is 1. The van der Waals surface area contributed by atoms with Gasteiger partial charge in [0.15, 0.2) is 4.47 Å². The molecule has 1 saturated carbocycles. The molecule has 5 heteroatoms. The Morgan fingerprint density at radius 2 is 2.46 bits per heavy atom. The van der Waals surface area contributed by atoms with Gasteiger partial charge in [-0.2, -0.15) is 0 Å². The van der Waals surface area contributed by atoms with E-state index in [-0.39, 0.29) is 12.1 Å². The molecule has 2 rings (SSSR count). The molecule has 0 atom stereocenters. The van der Waals surface area contributed by atoms with Crippen LogP contribution in [0, 0.1) is 0 Å². The number of hydrogen-bond acceptors (Lipinski definition) is 4. The highest BCUT2D eigenvalue weighted by molar-refractivity contribution is 7.14. The van der Waals surface area contributed by atoms with Crippen molar-refractivity contribution in [1.82, 2.24) is 4.98 Å². The highest BCUT2D eigenvalue weighted by atomic mass is 35.5. The third-order valence-electron chi connectivity index (χ3n) is 2.48. The normalized spacial score (nSPS) is 19.5. The average molecular weight is 219 g/mol. The van der Waals surface area contributed by atoms with Crippen LogP contribution in [0.15, 0.2) is 5.38 Å². The first-order valence-electron chi connectivity index (χ1n) is 4.24. The second-order valence-corrected chi connectivity index (χ2v) is 4.84. The minimum atomic E-state index is -0.128. The molecule has 2 N–H and O–H groups in total. The number of aliphatic hydroxyl groups excluding tert-OH is 1. The molecule has 0 bridgehead atoms. The summed E-state index contributed by atoms with van der Waals surface area (Å²) in [6.07, 6.45) is 3.20. The molecule has 1 aliphatic carbocycles. The number of anilines is 1. The van der Waals surface area contributed by atoms with E-state index in [0.717, 1.165) is 18.7 Å². The molecule has 1 aromatic rings. The van der Waals surface area contributed by atoms with Crippen molar-refractivity contribution >= 4 is 28.8 Å². The number of halogens is 1. The van der Waals surface area contributed by atoms with E-state index in [4.69, 9.17) is 11.6 Å². The summed E-state index contributed by atoms with van der Waals surface area (Å²) in [6.45, 7) is 0.169. The Bertz CT molecular complexity index is 293. The van der Waals surface area contributed by atoms with E-state index >= 15 is 0 Å². The SMILES string of the molecule is OCC1(Nc2csc(Cl)n2)CCC1. The predicted octanol–water partition coefficient (Wildman–Crippen LogP) is 2.12. The van der Waals surface area contributed by atoms with Crippen LogP contribution >= 0.6 is 22.9 Å². The maximum Gasteiger partial charge on any atom is 0.185 e. The third kappa shape index (κ3) is 1.80. The number of hydrogen-bond donors (Lipinski definition) is 2. The van der Waals surface area contributed by atoms with Gasteiger partial charge in [-0.1, -0.05) is 11.6 Å². The predicted molar refractivity (Wildman–Crippen MR) is 54.4 cm³/mol. The van der Waals surface area contributed by atoms with Gasteiger partial charge in [-0.3, -0.25) is 0 Å². The Hall–Kier alpha value is -0.320. The monoisotopic (exact) mass is 218 g/mol. The van der Waals surface area contributed by atoms with E-state index in [0.29, 0.717) is 4.47 Å². The number of nitrogens with zero attached hydrogens (tertiary/aromatic N) is 1. The Kier molecular flexibility index (Phi) is 2.45. The lowest BCUT2D eigenvalue weighted by Crippen LogP contribution is -2.48. The van der Waals surface area contributed by atoms with E-state index in [1.165, 1.54) is 17.8 Å². The maximum absolute atomic E-state index is 9.18. The lowest BCUT2D eigenvalue weighted by Gasteiger charge is -2.41. The summed E-state index contributed by atoms with van der Waals surface area (Å²) in [5, 5.41) is 14.3. The van der Waals surface area contributed by atoms with Gasteiger partial charge in [0.2, 0.25) is 0 Å². The lowest BCUT2D eigenvalue weighted by molar-refractivity contribution is 0.144. The first-order valence-corrected chi connectivity index (χ1v) is 5.50. The quantitative estimate of drug-likeness (QED) is 0.817. The van der Waals surface area contributed by atoms with Crippen molar-refractivity contribution in [2.24, 2.45) is 0 Å². The Morgan fingerprint density at radius 3 is 2.85 bits per heavy atom. The molecule has 1 heterocycles. The highest BCUT2D eigenvalue weighted by Gasteiger charge is 2.36. The first-order chi connectivity index (χ1) is 6.24. The maximum atomic E-state index is 9.18. The molecular weight excluding hydrogens is 208 g/mol. The topological polar surface area (TPSA) is 45.1 Å². The minimum Gasteiger partial charge on any atom is -0.394 e. The fraction of sp³-hybridized carbons (Fsp3) is 0.625. The van der Waals surface area contributed by atoms with Gasteiger partial charge in [0.1, 0.15) is 5.82 Å². The average Bonchev–Trinajstić information content (AvgIpc) is 2.44. The molecule has 1 fully saturated rings. The molecular formula is C8H11ClN2OS. The summed E-state index contributed by atoms with van der Waals surface area (Å²) in [6, 6.07) is 0. The molecule has 0 aromatic carbocycles. The zero-order chi connectivity index (χ0) is 9.31. The Balaban J connectivity index is 2.04. The largest absolute Gasteiger partial charge is 0.394 e. The molecule has 1 aliphatic rings. The first kappa shape index (κ1) is 9.24. The van der Waals surface area contributed by atoms with Crippen LogP contribution in [0.2, 0.25) is 4.47 Å². The van der Waals surface area contributed by atoms with Crippen LogP contribution in [0.1, 0.15) is 19.3 Å². The van der Waals surface area contributed by atoms with E-state index < -0.39 is 0 Å². The van der Waals surface area contributed by atoms with Crippen molar-refractivity contribution in [2.45, 2.75) is 24.8 Å². The summed E-state index contributed by atoms with van der Waals surface area (Å²) in [7, 11) is 0. The summed E-state index contributed by atoms with van der Waals surface area (Å²) < 4.78 is 0.537. The molecule has 0 spiro atoms. The molecule has 13 heavy (non-hydrogen) atoms. The van der Waals surface area contributed by atoms with Gasteiger partial charge < -0.3 is 10.4 Å². The standard InChI is InChI=1S/C8H11ClN2OS/c9-7-10-6(4-13-7)11-8(5-12)2-1-3-8/h4,11-12H,1-3,5H2. The van der Waals surface area contributed by atoms with Crippen LogP contribution < -0.4 is 5.32 Å². The Labute approximate surface area is 85.8 Å². The van der Waals surface area contributed by atoms with Crippen molar-refractivity contribution in [3.05, 3.63) is 9.85 Å². The Morgan fingerprint density at radius 1 is 1.69 bits per heavy atom. The van der Waals surface area contributed by atoms with Crippen molar-refractivity contribution < 1.29 is 5.11 Å². The van der Waals surface area contributed by atoms with Crippen LogP contribution in [0.4, 0.5) is 5.82 Å². The van der Waals surface area contributed by atoms with Gasteiger partial charge in [0.25, 0.3) is 0 Å². The minimum absolute atomic E-state index is 0.128. The second-order valence-electron chi connectivity index (χ2n) is 3.40. The fourth-order valence-electron chi connectivity index (χ4n) is 1.51. The van der Waals surface area contributed by atoms with Gasteiger partial charge in [0.05, 0.1) is 12.1 Å². The van der Waals surface area contributed by atoms with E-state index in [1.54, 1.807) is 0 Å². The molecule has 0 saturated heterocycles. The molecule has 0 aliphatic heterocycles. The molecule has 1 aromatic heterocycles. The van der Waals surface area contributed by atoms with Crippen molar-refractivity contribution in [3.63, 3.8) is 0 Å². The van der Waals surface area contributed by atoms with Crippen molar-refractivity contribution in [2.75, 3.05) is 11.9 Å². The summed E-state index contributed by atoms with van der Waals surface area (Å²) >= 11 is 7.10. The van der Waals surface area contributed by atoms with Crippen LogP contribution in [0.5, 0.6) is 0 Å². The second kappa shape index (κ2) is 3.44. The van der Waals surface area contributed by atoms with Crippen molar-refractivity contribution in [1.29, 1.82) is 0 Å². The molecule has 0 radical (unpaired) electrons. The van der Waals surface area contributed by atoms with Gasteiger partial charge in [0, 0.05) is 5.38 Å². The summed E-state index contributed by atoms with van der Waals surface area (Å²) in [4.78, 5) is 4.09. The number of aromatic nitrogens is 1. The third-order valence-corrected chi connectivity index (χ3v) is 3.46. The summed E-state index contributed by atoms with van der Waals surface area (Å²) in [5.41, 5.74) is -0.128. The molecule has 72 valence electrons. The van der Waals surface area contributed by atoms with Gasteiger partial charge in [-0.05, 0) is 19.3 Å². The zero-order valence-corrected chi connectivity index (χ0v) is 8.66. The smallest absolute Gasteiger partial charge is 0.185 e. The van der Waals surface area contributed by atoms with Gasteiger partial charge in [-0.15, -0.1) is 11.3 Å². The highest BCUT2D eigenvalue weighted by Crippen LogP contribution is 2.35. The van der Waals surface area contributed by atoms with Gasteiger partial charge >= 0.3 is 0 Å². The molecule has 3 nitrogen and oxygen atoms in total. The number of rotatable bonds is 3. The van der Waals surface area contributed by atoms with E-state index in [1.807, 2.05) is 5.38 Å². The van der Waals surface area contributed by atoms with Crippen LogP contribution in [0.25, 0.3) is 0 Å². The number of nitrogens with one attached hydrogen (secondary N) is 1. The van der Waals surface area contributed by atoms with Crippen molar-refractivity contribution in [3.8, 4) is 0 Å². The van der Waals surface area contributed by atoms with Crippen LogP contribution in [0.3, 0.4) is 0 Å². The number of thiazole rings is 1. The lowest BCUT2D eigenvalue weighted by atomic mass is 9.77. The molecule has 0 unspecified atom stereocenters. The van der Waals surface area contributed by atoms with E-state index in [9.17, 15) is 5.11 Å².